The Morgan fingerprint density at radius 2 is 1.76 bits per heavy atom. The number of benzene rings is 2. The van der Waals surface area contributed by atoms with Gasteiger partial charge in [-0.25, -0.2) is 0 Å². The van der Waals surface area contributed by atoms with E-state index in [1.165, 1.54) is 4.90 Å². The number of primary amides is 1. The summed E-state index contributed by atoms with van der Waals surface area (Å²) in [7, 11) is 1.57. The van der Waals surface area contributed by atoms with Gasteiger partial charge in [-0.15, -0.1) is 0 Å². The average molecular weight is 556 g/mol. The molecule has 0 spiro atoms. The second-order valence-electron chi connectivity index (χ2n) is 9.22. The molecule has 0 saturated heterocycles. The summed E-state index contributed by atoms with van der Waals surface area (Å²) in [4.78, 5) is 41.2. The van der Waals surface area contributed by atoms with Crippen LogP contribution in [0.3, 0.4) is 0 Å². The number of rotatable bonds is 9. The van der Waals surface area contributed by atoms with E-state index in [1.807, 2.05) is 12.1 Å². The second-order valence-corrected chi connectivity index (χ2v) is 10.4. The van der Waals surface area contributed by atoms with Crippen LogP contribution in [0.25, 0.3) is 0 Å². The number of carbonyl (C=O) groups is 3. The van der Waals surface area contributed by atoms with E-state index in [1.54, 1.807) is 43.5 Å². The van der Waals surface area contributed by atoms with Gasteiger partial charge in [-0.3, -0.25) is 14.4 Å². The van der Waals surface area contributed by atoms with Gasteiger partial charge in [0.05, 0.1) is 12.8 Å². The monoisotopic (exact) mass is 555 g/mol. The van der Waals surface area contributed by atoms with E-state index >= 15 is 0 Å². The van der Waals surface area contributed by atoms with Crippen molar-refractivity contribution in [2.24, 2.45) is 5.73 Å². The maximum atomic E-state index is 14.0. The highest BCUT2D eigenvalue weighted by atomic mass is 35.5. The number of carbonyl (C=O) groups excluding carboxylic acids is 3. The molecule has 1 aromatic heterocycles. The standard InChI is InChI=1S/C27H30ClN5O4S/c1-37-20-13-7-16(8-14-20)15-33(27(36)24-21(29)22(25(30)34)32-38-24)23(17-9-11-18(28)12-10-17)26(35)31-19-5-3-2-4-6-19/h7-14,19,23H,2-6,15,29H2,1H3,(H2,30,34)(H,31,35)/t23-/m1/s1. The first-order chi connectivity index (χ1) is 18.3. The van der Waals surface area contributed by atoms with E-state index in [4.69, 9.17) is 27.8 Å². The van der Waals surface area contributed by atoms with Gasteiger partial charge in [0.15, 0.2) is 5.69 Å². The number of amides is 3. The van der Waals surface area contributed by atoms with Gasteiger partial charge in [0.1, 0.15) is 16.7 Å². The lowest BCUT2D eigenvalue weighted by Gasteiger charge is -2.33. The molecule has 38 heavy (non-hydrogen) atoms. The Labute approximate surface area is 230 Å². The molecule has 1 aliphatic carbocycles. The van der Waals surface area contributed by atoms with Gasteiger partial charge in [-0.2, -0.15) is 4.37 Å². The Morgan fingerprint density at radius 3 is 2.34 bits per heavy atom. The van der Waals surface area contributed by atoms with Crippen LogP contribution in [0, 0.1) is 0 Å². The van der Waals surface area contributed by atoms with Crippen LogP contribution < -0.4 is 21.5 Å². The molecule has 9 nitrogen and oxygen atoms in total. The lowest BCUT2D eigenvalue weighted by atomic mass is 9.94. The van der Waals surface area contributed by atoms with Crippen molar-refractivity contribution in [3.63, 3.8) is 0 Å². The zero-order chi connectivity index (χ0) is 27.2. The third kappa shape index (κ3) is 6.25. The first-order valence-corrected chi connectivity index (χ1v) is 13.5. The highest BCUT2D eigenvalue weighted by molar-refractivity contribution is 7.09. The van der Waals surface area contributed by atoms with Crippen LogP contribution in [0.4, 0.5) is 5.69 Å². The predicted molar refractivity (Wildman–Crippen MR) is 147 cm³/mol. The Hall–Kier alpha value is -3.63. The maximum Gasteiger partial charge on any atom is 0.270 e. The molecule has 3 amide bonds. The van der Waals surface area contributed by atoms with Gasteiger partial charge >= 0.3 is 0 Å². The van der Waals surface area contributed by atoms with Crippen LogP contribution in [0.2, 0.25) is 5.02 Å². The van der Waals surface area contributed by atoms with Crippen molar-refractivity contribution in [3.05, 3.63) is 75.3 Å². The van der Waals surface area contributed by atoms with E-state index < -0.39 is 17.9 Å². The Bertz CT molecular complexity index is 1290. The van der Waals surface area contributed by atoms with Gasteiger partial charge in [-0.1, -0.05) is 55.1 Å². The van der Waals surface area contributed by atoms with E-state index in [0.29, 0.717) is 16.3 Å². The third-order valence-corrected chi connectivity index (χ3v) is 7.73. The van der Waals surface area contributed by atoms with Crippen molar-refractivity contribution in [1.29, 1.82) is 0 Å². The lowest BCUT2D eigenvalue weighted by Crippen LogP contribution is -2.46. The molecular formula is C27H30ClN5O4S. The minimum atomic E-state index is -0.998. The molecule has 1 saturated carbocycles. The highest BCUT2D eigenvalue weighted by Crippen LogP contribution is 2.32. The minimum Gasteiger partial charge on any atom is -0.497 e. The Morgan fingerprint density at radius 1 is 1.11 bits per heavy atom. The Balaban J connectivity index is 1.77. The quantitative estimate of drug-likeness (QED) is 0.359. The maximum absolute atomic E-state index is 14.0. The summed E-state index contributed by atoms with van der Waals surface area (Å²) >= 11 is 6.92. The normalized spacial score (nSPS) is 14.5. The molecular weight excluding hydrogens is 526 g/mol. The molecule has 0 unspecified atom stereocenters. The molecule has 11 heteroatoms. The zero-order valence-electron chi connectivity index (χ0n) is 21.0. The number of hydrogen-bond donors (Lipinski definition) is 3. The van der Waals surface area contributed by atoms with E-state index in [9.17, 15) is 14.4 Å². The number of nitrogens with one attached hydrogen (secondary N) is 1. The molecule has 0 aliphatic heterocycles. The lowest BCUT2D eigenvalue weighted by molar-refractivity contribution is -0.127. The summed E-state index contributed by atoms with van der Waals surface area (Å²) in [6.07, 6.45) is 4.99. The molecule has 1 atom stereocenters. The smallest absolute Gasteiger partial charge is 0.270 e. The van der Waals surface area contributed by atoms with Crippen molar-refractivity contribution in [1.82, 2.24) is 14.6 Å². The summed E-state index contributed by atoms with van der Waals surface area (Å²) in [5.74, 6) is -1.01. The molecule has 5 N–H and O–H groups in total. The summed E-state index contributed by atoms with van der Waals surface area (Å²) in [5.41, 5.74) is 12.6. The molecule has 0 bridgehead atoms. The number of nitrogen functional groups attached to an aromatic ring is 1. The first-order valence-electron chi connectivity index (χ1n) is 12.3. The van der Waals surface area contributed by atoms with Gasteiger partial charge in [0.2, 0.25) is 5.91 Å². The summed E-state index contributed by atoms with van der Waals surface area (Å²) in [6.45, 7) is 0.0808. The molecule has 1 heterocycles. The SMILES string of the molecule is COc1ccc(CN(C(=O)c2snc(C(N)=O)c2N)[C@@H](C(=O)NC2CCCCC2)c2ccc(Cl)cc2)cc1. The molecule has 0 radical (unpaired) electrons. The molecule has 1 fully saturated rings. The van der Waals surface area contributed by atoms with Crippen LogP contribution in [0.15, 0.2) is 48.5 Å². The fourth-order valence-corrected chi connectivity index (χ4v) is 5.50. The number of halogens is 1. The summed E-state index contributed by atoms with van der Waals surface area (Å²) < 4.78 is 9.25. The highest BCUT2D eigenvalue weighted by Gasteiger charge is 2.36. The molecule has 3 aromatic rings. The number of nitrogens with zero attached hydrogens (tertiary/aromatic N) is 2. The van der Waals surface area contributed by atoms with Crippen LogP contribution in [0.1, 0.15) is 69.4 Å². The predicted octanol–water partition coefficient (Wildman–Crippen LogP) is 4.32. The van der Waals surface area contributed by atoms with Crippen LogP contribution in [0.5, 0.6) is 5.75 Å². The number of hydrogen-bond acceptors (Lipinski definition) is 7. The Kier molecular flexibility index (Phi) is 8.85. The van der Waals surface area contributed by atoms with Gasteiger partial charge in [0, 0.05) is 17.6 Å². The van der Waals surface area contributed by atoms with E-state index in [0.717, 1.165) is 49.2 Å². The van der Waals surface area contributed by atoms with Gasteiger partial charge < -0.3 is 26.4 Å². The molecule has 4 rings (SSSR count). The molecule has 1 aliphatic rings. The van der Waals surface area contributed by atoms with Crippen molar-refractivity contribution >= 4 is 46.5 Å². The fraction of sp³-hybridized carbons (Fsp3) is 0.333. The molecule has 2 aromatic carbocycles. The van der Waals surface area contributed by atoms with Crippen molar-refractivity contribution < 1.29 is 19.1 Å². The second kappa shape index (κ2) is 12.3. The van der Waals surface area contributed by atoms with Crippen LogP contribution in [-0.2, 0) is 11.3 Å². The topological polar surface area (TPSA) is 141 Å². The zero-order valence-corrected chi connectivity index (χ0v) is 22.6. The summed E-state index contributed by atoms with van der Waals surface area (Å²) in [5, 5.41) is 3.66. The van der Waals surface area contributed by atoms with Crippen molar-refractivity contribution in [2.45, 2.75) is 50.7 Å². The van der Waals surface area contributed by atoms with Gasteiger partial charge in [0.25, 0.3) is 11.8 Å². The number of aromatic nitrogens is 1. The largest absolute Gasteiger partial charge is 0.497 e. The summed E-state index contributed by atoms with van der Waals surface area (Å²) in [6, 6.07) is 13.1. The van der Waals surface area contributed by atoms with E-state index in [-0.39, 0.29) is 34.8 Å². The number of ether oxygens (including phenoxy) is 1. The first kappa shape index (κ1) is 27.4. The third-order valence-electron chi connectivity index (χ3n) is 6.63. The number of anilines is 1. The van der Waals surface area contributed by atoms with Crippen LogP contribution in [-0.4, -0.2) is 40.1 Å². The van der Waals surface area contributed by atoms with Crippen molar-refractivity contribution in [2.75, 3.05) is 12.8 Å². The molecule has 200 valence electrons. The average Bonchev–Trinajstić information content (AvgIpc) is 3.31. The van der Waals surface area contributed by atoms with Crippen molar-refractivity contribution in [3.8, 4) is 5.75 Å². The minimum absolute atomic E-state index is 0.0268. The van der Waals surface area contributed by atoms with Gasteiger partial charge in [-0.05, 0) is 59.8 Å². The van der Waals surface area contributed by atoms with E-state index in [2.05, 4.69) is 9.69 Å². The fourth-order valence-electron chi connectivity index (χ4n) is 4.61. The van der Waals surface area contributed by atoms with Crippen LogP contribution >= 0.6 is 23.1 Å². The number of nitrogens with two attached hydrogens (primary N) is 2. The number of methoxy groups -OCH3 is 1.